The summed E-state index contributed by atoms with van der Waals surface area (Å²) in [5.41, 5.74) is 1.96. The van der Waals surface area contributed by atoms with Crippen LogP contribution >= 0.6 is 0 Å². The van der Waals surface area contributed by atoms with Crippen molar-refractivity contribution in [3.05, 3.63) is 35.4 Å². The van der Waals surface area contributed by atoms with E-state index < -0.39 is 9.84 Å². The monoisotopic (exact) mass is 269 g/mol. The van der Waals surface area contributed by atoms with Gasteiger partial charge < -0.3 is 5.32 Å². The maximum Gasteiger partial charge on any atom is 0.154 e. The lowest BCUT2D eigenvalue weighted by molar-refractivity contribution is 0.587. The van der Waals surface area contributed by atoms with E-state index in [4.69, 9.17) is 0 Å². The number of benzene rings is 1. The number of nitrogens with one attached hydrogen (secondary N) is 1. The summed E-state index contributed by atoms with van der Waals surface area (Å²) in [6, 6.07) is 7.66. The minimum Gasteiger partial charge on any atom is -0.317 e. The van der Waals surface area contributed by atoms with E-state index in [0.717, 1.165) is 30.6 Å². The maximum absolute atomic E-state index is 12.0. The van der Waals surface area contributed by atoms with Gasteiger partial charge in [-0.1, -0.05) is 31.2 Å². The number of hydrogen-bond donors (Lipinski definition) is 1. The molecule has 0 aromatic heterocycles. The van der Waals surface area contributed by atoms with Gasteiger partial charge in [-0.15, -0.1) is 0 Å². The van der Waals surface area contributed by atoms with Crippen molar-refractivity contribution in [3.63, 3.8) is 0 Å². The molecule has 18 heavy (non-hydrogen) atoms. The van der Waals surface area contributed by atoms with Crippen molar-refractivity contribution in [2.45, 2.75) is 32.4 Å². The lowest BCUT2D eigenvalue weighted by Gasteiger charge is -2.07. The quantitative estimate of drug-likeness (QED) is 0.737. The van der Waals surface area contributed by atoms with Crippen LogP contribution < -0.4 is 5.32 Å². The molecule has 0 aliphatic rings. The molecule has 4 heteroatoms. The lowest BCUT2D eigenvalue weighted by atomic mass is 10.1. The first-order chi connectivity index (χ1) is 8.55. The Balaban J connectivity index is 2.43. The molecule has 0 fully saturated rings. The van der Waals surface area contributed by atoms with Gasteiger partial charge in [0.1, 0.15) is 0 Å². The summed E-state index contributed by atoms with van der Waals surface area (Å²) in [5, 5.41) is 3.22. The summed E-state index contributed by atoms with van der Waals surface area (Å²) in [7, 11) is -2.98. The third kappa shape index (κ3) is 5.65. The van der Waals surface area contributed by atoms with E-state index in [0.29, 0.717) is 6.42 Å². The third-order valence-electron chi connectivity index (χ3n) is 2.87. The van der Waals surface area contributed by atoms with Crippen molar-refractivity contribution in [2.24, 2.45) is 0 Å². The fraction of sp³-hybridized carbons (Fsp3) is 0.571. The molecule has 0 spiro atoms. The lowest BCUT2D eigenvalue weighted by Crippen LogP contribution is -2.20. The Bertz CT molecular complexity index is 455. The largest absolute Gasteiger partial charge is 0.317 e. The van der Waals surface area contributed by atoms with Crippen LogP contribution in [-0.2, 0) is 15.6 Å². The van der Waals surface area contributed by atoms with E-state index in [9.17, 15) is 8.42 Å². The second-order valence-corrected chi connectivity index (χ2v) is 6.81. The Labute approximate surface area is 111 Å². The Morgan fingerprint density at radius 2 is 1.89 bits per heavy atom. The smallest absolute Gasteiger partial charge is 0.154 e. The molecule has 0 heterocycles. The second-order valence-electron chi connectivity index (χ2n) is 4.62. The molecule has 102 valence electrons. The van der Waals surface area contributed by atoms with Gasteiger partial charge in [0, 0.05) is 0 Å². The molecule has 0 atom stereocenters. The van der Waals surface area contributed by atoms with Crippen LogP contribution in [0.25, 0.3) is 0 Å². The van der Waals surface area contributed by atoms with Crippen molar-refractivity contribution >= 4 is 9.84 Å². The van der Waals surface area contributed by atoms with Crippen LogP contribution in [0.2, 0.25) is 0 Å². The average Bonchev–Trinajstić information content (AvgIpc) is 2.31. The van der Waals surface area contributed by atoms with Crippen LogP contribution in [0.3, 0.4) is 0 Å². The second kappa shape index (κ2) is 7.54. The van der Waals surface area contributed by atoms with E-state index >= 15 is 0 Å². The van der Waals surface area contributed by atoms with Crippen LogP contribution in [-0.4, -0.2) is 27.3 Å². The molecule has 1 aromatic carbocycles. The Morgan fingerprint density at radius 3 is 2.56 bits per heavy atom. The Kier molecular flexibility index (Phi) is 6.36. The molecule has 0 bridgehead atoms. The van der Waals surface area contributed by atoms with Gasteiger partial charge in [-0.2, -0.15) is 0 Å². The summed E-state index contributed by atoms with van der Waals surface area (Å²) < 4.78 is 23.9. The zero-order valence-electron chi connectivity index (χ0n) is 11.3. The number of aryl methyl sites for hydroxylation is 1. The predicted molar refractivity (Wildman–Crippen MR) is 76.4 cm³/mol. The van der Waals surface area contributed by atoms with E-state index in [1.807, 2.05) is 31.2 Å². The Morgan fingerprint density at radius 1 is 1.17 bits per heavy atom. The minimum atomic E-state index is -2.98. The summed E-state index contributed by atoms with van der Waals surface area (Å²) in [6.07, 6.45) is 1.77. The normalized spacial score (nSPS) is 11.7. The van der Waals surface area contributed by atoms with Crippen molar-refractivity contribution in [1.82, 2.24) is 5.32 Å². The highest BCUT2D eigenvalue weighted by Gasteiger charge is 2.12. The maximum atomic E-state index is 12.0. The zero-order valence-corrected chi connectivity index (χ0v) is 12.1. The fourth-order valence-corrected chi connectivity index (χ4v) is 3.33. The van der Waals surface area contributed by atoms with Gasteiger partial charge in [0.25, 0.3) is 0 Å². The number of rotatable bonds is 8. The first-order valence-electron chi connectivity index (χ1n) is 6.51. The van der Waals surface area contributed by atoms with E-state index in [2.05, 4.69) is 12.2 Å². The van der Waals surface area contributed by atoms with Gasteiger partial charge in [-0.25, -0.2) is 8.42 Å². The van der Waals surface area contributed by atoms with Gasteiger partial charge in [-0.05, 0) is 44.0 Å². The average molecular weight is 269 g/mol. The Hall–Kier alpha value is -0.870. The zero-order chi connectivity index (χ0) is 13.4. The van der Waals surface area contributed by atoms with Crippen LogP contribution in [0.1, 0.15) is 30.9 Å². The number of sulfone groups is 1. The van der Waals surface area contributed by atoms with Gasteiger partial charge >= 0.3 is 0 Å². The SMILES string of the molecule is CCCNCCCS(=O)(=O)Cc1ccccc1C. The topological polar surface area (TPSA) is 46.2 Å². The van der Waals surface area contributed by atoms with Crippen molar-refractivity contribution in [1.29, 1.82) is 0 Å². The van der Waals surface area contributed by atoms with E-state index in [1.54, 1.807) is 0 Å². The number of hydrogen-bond acceptors (Lipinski definition) is 3. The molecule has 0 saturated carbocycles. The van der Waals surface area contributed by atoms with Crippen LogP contribution in [0, 0.1) is 6.92 Å². The van der Waals surface area contributed by atoms with Crippen molar-refractivity contribution in [3.8, 4) is 0 Å². The van der Waals surface area contributed by atoms with Gasteiger partial charge in [-0.3, -0.25) is 0 Å². The third-order valence-corrected chi connectivity index (χ3v) is 4.53. The van der Waals surface area contributed by atoms with Crippen LogP contribution in [0.15, 0.2) is 24.3 Å². The first kappa shape index (κ1) is 15.2. The summed E-state index contributed by atoms with van der Waals surface area (Å²) in [6.45, 7) is 5.79. The van der Waals surface area contributed by atoms with Crippen molar-refractivity contribution in [2.75, 3.05) is 18.8 Å². The predicted octanol–water partition coefficient (Wildman–Crippen LogP) is 2.30. The van der Waals surface area contributed by atoms with Gasteiger partial charge in [0.15, 0.2) is 9.84 Å². The first-order valence-corrected chi connectivity index (χ1v) is 8.33. The molecular formula is C14H23NO2S. The highest BCUT2D eigenvalue weighted by atomic mass is 32.2. The summed E-state index contributed by atoms with van der Waals surface area (Å²) in [4.78, 5) is 0. The highest BCUT2D eigenvalue weighted by molar-refractivity contribution is 7.90. The molecule has 0 unspecified atom stereocenters. The fourth-order valence-electron chi connectivity index (χ4n) is 1.80. The molecule has 1 N–H and O–H groups in total. The molecule has 0 amide bonds. The molecule has 1 aromatic rings. The molecule has 3 nitrogen and oxygen atoms in total. The van der Waals surface area contributed by atoms with Gasteiger partial charge in [0.05, 0.1) is 11.5 Å². The minimum absolute atomic E-state index is 0.160. The molecule has 0 aliphatic carbocycles. The molecular weight excluding hydrogens is 246 g/mol. The van der Waals surface area contributed by atoms with E-state index in [1.165, 1.54) is 0 Å². The standard InChI is InChI=1S/C14H23NO2S/c1-3-9-15-10-6-11-18(16,17)12-14-8-5-4-7-13(14)2/h4-5,7-8,15H,3,6,9-12H2,1-2H3. The molecule has 1 rings (SSSR count). The van der Waals surface area contributed by atoms with Crippen LogP contribution in [0.4, 0.5) is 0 Å². The van der Waals surface area contributed by atoms with Crippen molar-refractivity contribution < 1.29 is 8.42 Å². The molecule has 0 saturated heterocycles. The summed E-state index contributed by atoms with van der Waals surface area (Å²) in [5.74, 6) is 0.422. The molecule has 0 radical (unpaired) electrons. The van der Waals surface area contributed by atoms with E-state index in [-0.39, 0.29) is 11.5 Å². The highest BCUT2D eigenvalue weighted by Crippen LogP contribution is 2.12. The summed E-state index contributed by atoms with van der Waals surface area (Å²) >= 11 is 0. The van der Waals surface area contributed by atoms with Crippen LogP contribution in [0.5, 0.6) is 0 Å². The van der Waals surface area contributed by atoms with Gasteiger partial charge in [0.2, 0.25) is 0 Å². The molecule has 0 aliphatic heterocycles.